The van der Waals surface area contributed by atoms with E-state index in [4.69, 9.17) is 16.7 Å². The summed E-state index contributed by atoms with van der Waals surface area (Å²) in [4.78, 5) is 33.5. The maximum atomic E-state index is 12.4. The Hall–Kier alpha value is -1.73. The predicted molar refractivity (Wildman–Crippen MR) is 90.3 cm³/mol. The van der Waals surface area contributed by atoms with Gasteiger partial charge in [-0.15, -0.1) is 0 Å². The van der Waals surface area contributed by atoms with Crippen LogP contribution in [0, 0.1) is 0 Å². The minimum absolute atomic E-state index is 0.0128. The Balaban J connectivity index is 1.93. The van der Waals surface area contributed by atoms with Crippen LogP contribution in [0.4, 0.5) is 0 Å². The van der Waals surface area contributed by atoms with Gasteiger partial charge >= 0.3 is 5.97 Å². The zero-order chi connectivity index (χ0) is 17.9. The number of amides is 1. The van der Waals surface area contributed by atoms with E-state index in [9.17, 15) is 9.59 Å². The number of carboxylic acid groups (broad SMARTS) is 1. The minimum Gasteiger partial charge on any atom is -0.480 e. The summed E-state index contributed by atoms with van der Waals surface area (Å²) in [5.74, 6) is -0.460. The summed E-state index contributed by atoms with van der Waals surface area (Å²) >= 11 is 6.04. The fraction of sp³-hybridized carbons (Fsp3) is 0.625. The number of rotatable bonds is 7. The van der Waals surface area contributed by atoms with E-state index in [1.54, 1.807) is 0 Å². The van der Waals surface area contributed by atoms with Crippen LogP contribution in [0.25, 0.3) is 0 Å². The second-order valence-electron chi connectivity index (χ2n) is 6.33. The van der Waals surface area contributed by atoms with Crippen molar-refractivity contribution in [2.45, 2.75) is 51.6 Å². The molecule has 0 aliphatic heterocycles. The van der Waals surface area contributed by atoms with Gasteiger partial charge in [-0.3, -0.25) is 14.5 Å². The highest BCUT2D eigenvalue weighted by atomic mass is 35.5. The first-order valence-corrected chi connectivity index (χ1v) is 8.48. The molecule has 0 unspecified atom stereocenters. The molecule has 1 aromatic rings. The van der Waals surface area contributed by atoms with Crippen LogP contribution in [0.5, 0.6) is 0 Å². The van der Waals surface area contributed by atoms with E-state index in [-0.39, 0.29) is 41.2 Å². The number of nitrogens with one attached hydrogen (secondary N) is 1. The molecule has 0 spiro atoms. The lowest BCUT2D eigenvalue weighted by Crippen LogP contribution is -2.54. The first kappa shape index (κ1) is 18.6. The molecule has 0 saturated heterocycles. The van der Waals surface area contributed by atoms with E-state index in [1.165, 1.54) is 6.20 Å². The molecule has 2 N–H and O–H groups in total. The van der Waals surface area contributed by atoms with Crippen molar-refractivity contribution in [2.24, 2.45) is 0 Å². The third-order valence-electron chi connectivity index (χ3n) is 4.20. The van der Waals surface area contributed by atoms with Crippen LogP contribution < -0.4 is 5.32 Å². The topological polar surface area (TPSA) is 95.4 Å². The molecule has 8 heteroatoms. The molecule has 2 rings (SSSR count). The molecule has 0 radical (unpaired) electrons. The van der Waals surface area contributed by atoms with Gasteiger partial charge in [0, 0.05) is 18.0 Å². The lowest BCUT2D eigenvalue weighted by atomic mass is 9.85. The van der Waals surface area contributed by atoms with E-state index in [2.05, 4.69) is 15.3 Å². The van der Waals surface area contributed by atoms with E-state index in [0.717, 1.165) is 12.8 Å². The van der Waals surface area contributed by atoms with Crippen LogP contribution in [0.1, 0.15) is 55.8 Å². The minimum atomic E-state index is -0.835. The monoisotopic (exact) mass is 354 g/mol. The predicted octanol–water partition coefficient (Wildman–Crippen LogP) is 1.92. The molecule has 132 valence electrons. The van der Waals surface area contributed by atoms with Gasteiger partial charge in [-0.25, -0.2) is 9.97 Å². The summed E-state index contributed by atoms with van der Waals surface area (Å²) in [5.41, 5.74) is 0.191. The van der Waals surface area contributed by atoms with Crippen LogP contribution in [0.3, 0.4) is 0 Å². The smallest absolute Gasteiger partial charge is 0.317 e. The van der Waals surface area contributed by atoms with Crippen LogP contribution in [-0.4, -0.2) is 57.0 Å². The van der Waals surface area contributed by atoms with Gasteiger partial charge in [0.1, 0.15) is 11.5 Å². The van der Waals surface area contributed by atoms with E-state index >= 15 is 0 Å². The second-order valence-corrected chi connectivity index (χ2v) is 6.74. The van der Waals surface area contributed by atoms with Gasteiger partial charge < -0.3 is 10.4 Å². The third-order valence-corrected chi connectivity index (χ3v) is 4.48. The quantitative estimate of drug-likeness (QED) is 0.776. The highest BCUT2D eigenvalue weighted by Gasteiger charge is 2.35. The van der Waals surface area contributed by atoms with Gasteiger partial charge in [-0.1, -0.05) is 32.4 Å². The van der Waals surface area contributed by atoms with Crippen molar-refractivity contribution in [2.75, 3.05) is 13.1 Å². The number of hydrogen-bond donors (Lipinski definition) is 2. The summed E-state index contributed by atoms with van der Waals surface area (Å²) in [5, 5.41) is 12.0. The Labute approximate surface area is 146 Å². The Morgan fingerprint density at radius 2 is 2.12 bits per heavy atom. The van der Waals surface area contributed by atoms with Crippen LogP contribution >= 0.6 is 11.6 Å². The van der Waals surface area contributed by atoms with Crippen molar-refractivity contribution in [3.63, 3.8) is 0 Å². The summed E-state index contributed by atoms with van der Waals surface area (Å²) in [6.45, 7) is 6.53. The molecule has 24 heavy (non-hydrogen) atoms. The molecular formula is C16H23ClN4O3. The molecular weight excluding hydrogens is 332 g/mol. The zero-order valence-corrected chi connectivity index (χ0v) is 14.9. The van der Waals surface area contributed by atoms with Gasteiger partial charge in [-0.2, -0.15) is 0 Å². The van der Waals surface area contributed by atoms with E-state index < -0.39 is 5.97 Å². The number of halogens is 1. The molecule has 1 saturated carbocycles. The largest absolute Gasteiger partial charge is 0.480 e. The first-order valence-electron chi connectivity index (χ1n) is 8.10. The van der Waals surface area contributed by atoms with Crippen molar-refractivity contribution >= 4 is 23.5 Å². The molecule has 1 amide bonds. The lowest BCUT2D eigenvalue weighted by Gasteiger charge is -2.42. The second kappa shape index (κ2) is 7.90. The van der Waals surface area contributed by atoms with Gasteiger partial charge in [0.2, 0.25) is 0 Å². The van der Waals surface area contributed by atoms with Crippen molar-refractivity contribution in [1.82, 2.24) is 20.2 Å². The number of aliphatic carboxylic acids is 1. The first-order chi connectivity index (χ1) is 11.3. The number of carbonyl (C=O) groups excluding carboxylic acids is 1. The average molecular weight is 355 g/mol. The van der Waals surface area contributed by atoms with Crippen LogP contribution in [0.2, 0.25) is 5.02 Å². The molecule has 1 fully saturated rings. The fourth-order valence-electron chi connectivity index (χ4n) is 2.75. The standard InChI is InChI=1S/C16H23ClN4O3/c1-4-21(8-13(22)23)11-5-10(6-11)19-16(24)14-12(17)7-18-15(20-14)9(2)3/h7,9-11H,4-6,8H2,1-3H3,(H,19,24)(H,22,23). The van der Waals surface area contributed by atoms with Gasteiger partial charge in [0.25, 0.3) is 5.91 Å². The zero-order valence-electron chi connectivity index (χ0n) is 14.1. The number of carbonyl (C=O) groups is 2. The fourth-order valence-corrected chi connectivity index (χ4v) is 2.93. The average Bonchev–Trinajstić information content (AvgIpc) is 2.48. The molecule has 1 aromatic heterocycles. The molecule has 0 aromatic carbocycles. The summed E-state index contributed by atoms with van der Waals surface area (Å²) in [6.07, 6.45) is 2.91. The Morgan fingerprint density at radius 3 is 2.67 bits per heavy atom. The third kappa shape index (κ3) is 4.42. The van der Waals surface area contributed by atoms with Crippen molar-refractivity contribution in [3.05, 3.63) is 22.7 Å². The van der Waals surface area contributed by atoms with Crippen LogP contribution in [0.15, 0.2) is 6.20 Å². The Morgan fingerprint density at radius 1 is 1.46 bits per heavy atom. The summed E-state index contributed by atoms with van der Waals surface area (Å²) in [6, 6.07) is 0.197. The SMILES string of the molecule is CCN(CC(=O)O)C1CC(NC(=O)c2nc(C(C)C)ncc2Cl)C1. The van der Waals surface area contributed by atoms with E-state index in [0.29, 0.717) is 12.4 Å². The Kier molecular flexibility index (Phi) is 6.12. The van der Waals surface area contributed by atoms with Crippen molar-refractivity contribution < 1.29 is 14.7 Å². The number of aromatic nitrogens is 2. The molecule has 0 atom stereocenters. The van der Waals surface area contributed by atoms with E-state index in [1.807, 2.05) is 25.7 Å². The summed E-state index contributed by atoms with van der Waals surface area (Å²) < 4.78 is 0. The maximum absolute atomic E-state index is 12.4. The number of nitrogens with zero attached hydrogens (tertiary/aromatic N) is 3. The maximum Gasteiger partial charge on any atom is 0.317 e. The molecule has 1 aliphatic rings. The number of carboxylic acids is 1. The number of likely N-dealkylation sites (N-methyl/N-ethyl adjacent to an activating group) is 1. The Bertz CT molecular complexity index is 617. The highest BCUT2D eigenvalue weighted by molar-refractivity contribution is 6.33. The van der Waals surface area contributed by atoms with Crippen molar-refractivity contribution in [1.29, 1.82) is 0 Å². The van der Waals surface area contributed by atoms with Gasteiger partial charge in [-0.05, 0) is 19.4 Å². The highest BCUT2D eigenvalue weighted by Crippen LogP contribution is 2.26. The number of hydrogen-bond acceptors (Lipinski definition) is 5. The molecule has 1 aliphatic carbocycles. The lowest BCUT2D eigenvalue weighted by molar-refractivity contribution is -0.139. The molecule has 7 nitrogen and oxygen atoms in total. The molecule has 1 heterocycles. The summed E-state index contributed by atoms with van der Waals surface area (Å²) in [7, 11) is 0. The van der Waals surface area contributed by atoms with Gasteiger partial charge in [0.15, 0.2) is 0 Å². The normalized spacial score (nSPS) is 20.1. The van der Waals surface area contributed by atoms with Crippen molar-refractivity contribution in [3.8, 4) is 0 Å². The molecule has 0 bridgehead atoms. The van der Waals surface area contributed by atoms with Crippen LogP contribution in [-0.2, 0) is 4.79 Å². The van der Waals surface area contributed by atoms with Gasteiger partial charge in [0.05, 0.1) is 17.8 Å².